The van der Waals surface area contributed by atoms with Crippen LogP contribution in [0.3, 0.4) is 0 Å². The van der Waals surface area contributed by atoms with Crippen molar-refractivity contribution >= 4 is 5.91 Å². The van der Waals surface area contributed by atoms with Crippen LogP contribution < -0.4 is 10.6 Å². The van der Waals surface area contributed by atoms with Gasteiger partial charge in [0, 0.05) is 13.1 Å². The Hall–Kier alpha value is -0.820. The number of carbonyl (C=O) groups is 1. The van der Waals surface area contributed by atoms with Crippen LogP contribution in [0, 0.1) is 0 Å². The first-order chi connectivity index (χ1) is 8.29. The summed E-state index contributed by atoms with van der Waals surface area (Å²) in [5.74, 6) is -0.361. The third kappa shape index (κ3) is 7.50. The number of unbranched alkanes of at least 4 members (excludes halogenated alkanes) is 2. The molecule has 4 nitrogen and oxygen atoms in total. The van der Waals surface area contributed by atoms with Crippen molar-refractivity contribution in [2.24, 2.45) is 0 Å². The molecule has 0 bridgehead atoms. The summed E-state index contributed by atoms with van der Waals surface area (Å²) in [5.41, 5.74) is 0. The molecule has 0 spiro atoms. The lowest BCUT2D eigenvalue weighted by Gasteiger charge is -2.18. The standard InChI is InChI=1S/C11H21F3N2O2/c1-3-4-5-6-15-10(18)8(2)16-7-9(17)11(12,13)14/h8-9,16-17H,3-7H2,1-2H3,(H,15,18). The normalized spacial score (nSPS) is 15.2. The molecule has 0 fully saturated rings. The van der Waals surface area contributed by atoms with E-state index in [1.165, 1.54) is 6.92 Å². The summed E-state index contributed by atoms with van der Waals surface area (Å²) in [6.45, 7) is 3.32. The number of halogens is 3. The third-order valence-corrected chi connectivity index (χ3v) is 2.47. The minimum Gasteiger partial charge on any atom is -0.382 e. The van der Waals surface area contributed by atoms with E-state index in [0.29, 0.717) is 6.54 Å². The van der Waals surface area contributed by atoms with Crippen LogP contribution in [0.15, 0.2) is 0 Å². The molecule has 0 aromatic carbocycles. The molecule has 0 aromatic heterocycles. The predicted octanol–water partition coefficient (Wildman–Crippen LogP) is 1.19. The van der Waals surface area contributed by atoms with E-state index in [-0.39, 0.29) is 5.91 Å². The van der Waals surface area contributed by atoms with Crippen LogP contribution in [0.1, 0.15) is 33.1 Å². The van der Waals surface area contributed by atoms with Crippen LogP contribution in [-0.4, -0.2) is 42.4 Å². The minimum absolute atomic E-state index is 0.361. The average molecular weight is 270 g/mol. The number of amides is 1. The number of hydrogen-bond acceptors (Lipinski definition) is 3. The largest absolute Gasteiger partial charge is 0.415 e. The molecule has 7 heteroatoms. The van der Waals surface area contributed by atoms with Crippen LogP contribution in [0.2, 0.25) is 0 Å². The van der Waals surface area contributed by atoms with Gasteiger partial charge in [0.1, 0.15) is 0 Å². The number of nitrogens with one attached hydrogen (secondary N) is 2. The summed E-state index contributed by atoms with van der Waals surface area (Å²) < 4.78 is 36.0. The Morgan fingerprint density at radius 3 is 2.44 bits per heavy atom. The monoisotopic (exact) mass is 270 g/mol. The second kappa shape index (κ2) is 8.31. The zero-order valence-corrected chi connectivity index (χ0v) is 10.7. The molecule has 0 heterocycles. The first-order valence-electron chi connectivity index (χ1n) is 6.05. The Morgan fingerprint density at radius 1 is 1.33 bits per heavy atom. The van der Waals surface area contributed by atoms with Gasteiger partial charge in [-0.2, -0.15) is 13.2 Å². The maximum atomic E-state index is 12.0. The van der Waals surface area contributed by atoms with Gasteiger partial charge >= 0.3 is 6.18 Å². The SMILES string of the molecule is CCCCCNC(=O)C(C)NCC(O)C(F)(F)F. The Kier molecular flexibility index (Phi) is 7.93. The molecule has 2 atom stereocenters. The Morgan fingerprint density at radius 2 is 1.94 bits per heavy atom. The second-order valence-corrected chi connectivity index (χ2v) is 4.19. The topological polar surface area (TPSA) is 61.4 Å². The Bertz CT molecular complexity index is 247. The van der Waals surface area contributed by atoms with E-state index >= 15 is 0 Å². The minimum atomic E-state index is -4.66. The van der Waals surface area contributed by atoms with Crippen LogP contribution in [0.25, 0.3) is 0 Å². The van der Waals surface area contributed by atoms with Crippen LogP contribution in [0.5, 0.6) is 0 Å². The van der Waals surface area contributed by atoms with Gasteiger partial charge in [-0.15, -0.1) is 0 Å². The lowest BCUT2D eigenvalue weighted by molar-refractivity contribution is -0.202. The van der Waals surface area contributed by atoms with Crippen molar-refractivity contribution in [1.29, 1.82) is 0 Å². The van der Waals surface area contributed by atoms with Crippen molar-refractivity contribution in [3.8, 4) is 0 Å². The van der Waals surface area contributed by atoms with Crippen molar-refractivity contribution in [1.82, 2.24) is 10.6 Å². The number of alkyl halides is 3. The summed E-state index contributed by atoms with van der Waals surface area (Å²) in [5, 5.41) is 13.7. The highest BCUT2D eigenvalue weighted by atomic mass is 19.4. The second-order valence-electron chi connectivity index (χ2n) is 4.19. The van der Waals surface area contributed by atoms with E-state index < -0.39 is 24.9 Å². The maximum absolute atomic E-state index is 12.0. The summed E-state index contributed by atoms with van der Waals surface area (Å²) in [4.78, 5) is 11.4. The van der Waals surface area contributed by atoms with E-state index in [1.807, 2.05) is 6.92 Å². The van der Waals surface area contributed by atoms with Gasteiger partial charge < -0.3 is 15.7 Å². The van der Waals surface area contributed by atoms with Gasteiger partial charge in [-0.25, -0.2) is 0 Å². The lowest BCUT2D eigenvalue weighted by atomic mass is 10.2. The molecule has 1 amide bonds. The third-order valence-electron chi connectivity index (χ3n) is 2.47. The zero-order valence-electron chi connectivity index (χ0n) is 10.7. The quantitative estimate of drug-likeness (QED) is 0.581. The van der Waals surface area contributed by atoms with Crippen molar-refractivity contribution in [3.05, 3.63) is 0 Å². The lowest BCUT2D eigenvalue weighted by Crippen LogP contribution is -2.47. The van der Waals surface area contributed by atoms with Crippen molar-refractivity contribution in [2.45, 2.75) is 51.4 Å². The molecule has 0 aliphatic carbocycles. The van der Waals surface area contributed by atoms with Gasteiger partial charge in [-0.1, -0.05) is 19.8 Å². The molecule has 0 rings (SSSR count). The molecule has 0 saturated heterocycles. The molecule has 2 unspecified atom stereocenters. The molecule has 18 heavy (non-hydrogen) atoms. The fourth-order valence-corrected chi connectivity index (χ4v) is 1.24. The average Bonchev–Trinajstić information content (AvgIpc) is 2.29. The summed E-state index contributed by atoms with van der Waals surface area (Å²) in [6.07, 6.45) is -4.24. The summed E-state index contributed by atoms with van der Waals surface area (Å²) >= 11 is 0. The predicted molar refractivity (Wildman–Crippen MR) is 62.1 cm³/mol. The number of aliphatic hydroxyl groups excluding tert-OH is 1. The van der Waals surface area contributed by atoms with Crippen LogP contribution in [-0.2, 0) is 4.79 Å². The van der Waals surface area contributed by atoms with Gasteiger partial charge in [0.05, 0.1) is 6.04 Å². The zero-order chi connectivity index (χ0) is 14.2. The van der Waals surface area contributed by atoms with Gasteiger partial charge in [-0.05, 0) is 13.3 Å². The fraction of sp³-hybridized carbons (Fsp3) is 0.909. The molecular weight excluding hydrogens is 249 g/mol. The molecule has 3 N–H and O–H groups in total. The van der Waals surface area contributed by atoms with E-state index in [4.69, 9.17) is 5.11 Å². The number of rotatable bonds is 8. The summed E-state index contributed by atoms with van der Waals surface area (Å²) in [7, 11) is 0. The summed E-state index contributed by atoms with van der Waals surface area (Å²) in [6, 6.07) is -0.761. The number of hydrogen-bond donors (Lipinski definition) is 3. The van der Waals surface area contributed by atoms with Crippen LogP contribution in [0.4, 0.5) is 13.2 Å². The van der Waals surface area contributed by atoms with Gasteiger partial charge in [0.15, 0.2) is 6.10 Å². The number of carbonyl (C=O) groups excluding carboxylic acids is 1. The molecule has 0 aliphatic rings. The Labute approximate surface area is 105 Å². The van der Waals surface area contributed by atoms with Crippen molar-refractivity contribution in [3.63, 3.8) is 0 Å². The first kappa shape index (κ1) is 17.2. The maximum Gasteiger partial charge on any atom is 0.415 e. The fourth-order valence-electron chi connectivity index (χ4n) is 1.24. The van der Waals surface area contributed by atoms with Gasteiger partial charge in [0.2, 0.25) is 5.91 Å². The highest BCUT2D eigenvalue weighted by Gasteiger charge is 2.38. The van der Waals surface area contributed by atoms with Crippen LogP contribution >= 0.6 is 0 Å². The van der Waals surface area contributed by atoms with Gasteiger partial charge in [-0.3, -0.25) is 4.79 Å². The van der Waals surface area contributed by atoms with Crippen molar-refractivity contribution < 1.29 is 23.1 Å². The van der Waals surface area contributed by atoms with Gasteiger partial charge in [0.25, 0.3) is 0 Å². The smallest absolute Gasteiger partial charge is 0.382 e. The van der Waals surface area contributed by atoms with E-state index in [0.717, 1.165) is 19.3 Å². The molecular formula is C11H21F3N2O2. The molecule has 0 radical (unpaired) electrons. The molecule has 0 aliphatic heterocycles. The van der Waals surface area contributed by atoms with E-state index in [1.54, 1.807) is 0 Å². The Balaban J connectivity index is 3.81. The number of aliphatic hydroxyl groups is 1. The molecule has 0 saturated carbocycles. The van der Waals surface area contributed by atoms with Crippen molar-refractivity contribution in [2.75, 3.05) is 13.1 Å². The van der Waals surface area contributed by atoms with E-state index in [2.05, 4.69) is 10.6 Å². The molecule has 108 valence electrons. The molecule has 0 aromatic rings. The first-order valence-corrected chi connectivity index (χ1v) is 6.05. The highest BCUT2D eigenvalue weighted by Crippen LogP contribution is 2.19. The van der Waals surface area contributed by atoms with E-state index in [9.17, 15) is 18.0 Å². The highest BCUT2D eigenvalue weighted by molar-refractivity contribution is 5.81.